The molecular formula is C21H25N3O. The van der Waals surface area contributed by atoms with E-state index in [4.69, 9.17) is 4.74 Å². The molecule has 5 rings (SSSR count). The average molecular weight is 335 g/mol. The van der Waals surface area contributed by atoms with Gasteiger partial charge in [0.2, 0.25) is 0 Å². The minimum atomic E-state index is 0.0708. The summed E-state index contributed by atoms with van der Waals surface area (Å²) in [4.78, 5) is 11.3. The third kappa shape index (κ3) is 2.82. The van der Waals surface area contributed by atoms with E-state index in [1.54, 1.807) is 12.4 Å². The molecule has 1 aromatic carbocycles. The van der Waals surface area contributed by atoms with Gasteiger partial charge in [0, 0.05) is 37.1 Å². The number of piperidine rings is 1. The Kier molecular flexibility index (Phi) is 3.74. The number of ether oxygens (including phenoxy) is 1. The third-order valence-electron chi connectivity index (χ3n) is 6.40. The van der Waals surface area contributed by atoms with Crippen LogP contribution in [0.3, 0.4) is 0 Å². The Hall–Kier alpha value is -1.94. The van der Waals surface area contributed by atoms with Gasteiger partial charge in [-0.3, -0.25) is 9.97 Å². The number of fused-ring (bicyclic) bond motifs is 1. The van der Waals surface area contributed by atoms with Crippen molar-refractivity contribution >= 4 is 0 Å². The Balaban J connectivity index is 1.32. The Morgan fingerprint density at radius 1 is 1.08 bits per heavy atom. The molecule has 1 aliphatic carbocycles. The quantitative estimate of drug-likeness (QED) is 0.835. The maximum Gasteiger partial charge on any atom is 0.123 e. The summed E-state index contributed by atoms with van der Waals surface area (Å²) in [5.41, 5.74) is 3.45. The maximum atomic E-state index is 6.57. The van der Waals surface area contributed by atoms with Gasteiger partial charge < -0.3 is 9.64 Å². The van der Waals surface area contributed by atoms with Crippen molar-refractivity contribution in [1.29, 1.82) is 0 Å². The molecule has 130 valence electrons. The number of benzene rings is 1. The Morgan fingerprint density at radius 2 is 1.96 bits per heavy atom. The molecule has 4 heteroatoms. The van der Waals surface area contributed by atoms with Gasteiger partial charge in [0.25, 0.3) is 0 Å². The lowest BCUT2D eigenvalue weighted by molar-refractivity contribution is -0.0336. The SMILES string of the molecule is c1cnc(-c2ccc3c(c2)CCC2(CCN(C4CCC4)CC2)O3)cn1. The fourth-order valence-corrected chi connectivity index (χ4v) is 4.53. The zero-order valence-corrected chi connectivity index (χ0v) is 14.7. The molecule has 1 saturated carbocycles. The number of hydrogen-bond donors (Lipinski definition) is 0. The predicted octanol–water partition coefficient (Wildman–Crippen LogP) is 3.86. The first-order valence-corrected chi connectivity index (χ1v) is 9.64. The molecular weight excluding hydrogens is 310 g/mol. The molecule has 2 fully saturated rings. The van der Waals surface area contributed by atoms with E-state index in [0.29, 0.717) is 0 Å². The summed E-state index contributed by atoms with van der Waals surface area (Å²) in [7, 11) is 0. The lowest BCUT2D eigenvalue weighted by Crippen LogP contribution is -2.53. The van der Waals surface area contributed by atoms with Gasteiger partial charge in [-0.25, -0.2) is 0 Å². The molecule has 0 bridgehead atoms. The summed E-state index contributed by atoms with van der Waals surface area (Å²) in [5.74, 6) is 1.08. The fourth-order valence-electron chi connectivity index (χ4n) is 4.53. The van der Waals surface area contributed by atoms with Crippen molar-refractivity contribution in [2.24, 2.45) is 0 Å². The van der Waals surface area contributed by atoms with E-state index in [2.05, 4.69) is 33.1 Å². The fraction of sp³-hybridized carbons (Fsp3) is 0.524. The third-order valence-corrected chi connectivity index (χ3v) is 6.40. The van der Waals surface area contributed by atoms with E-state index < -0.39 is 0 Å². The first kappa shape index (κ1) is 15.3. The van der Waals surface area contributed by atoms with Crippen LogP contribution < -0.4 is 4.74 Å². The van der Waals surface area contributed by atoms with Crippen molar-refractivity contribution in [3.05, 3.63) is 42.4 Å². The zero-order chi connectivity index (χ0) is 16.7. The molecule has 3 heterocycles. The minimum Gasteiger partial charge on any atom is -0.487 e. The highest BCUT2D eigenvalue weighted by atomic mass is 16.5. The van der Waals surface area contributed by atoms with Crippen LogP contribution in [0.15, 0.2) is 36.8 Å². The van der Waals surface area contributed by atoms with Gasteiger partial charge in [-0.05, 0) is 62.3 Å². The zero-order valence-electron chi connectivity index (χ0n) is 14.7. The molecule has 1 aromatic heterocycles. The van der Waals surface area contributed by atoms with E-state index in [9.17, 15) is 0 Å². The van der Waals surface area contributed by atoms with Gasteiger partial charge >= 0.3 is 0 Å². The number of aromatic nitrogens is 2. The van der Waals surface area contributed by atoms with Gasteiger partial charge in [-0.2, -0.15) is 0 Å². The first-order valence-electron chi connectivity index (χ1n) is 9.64. The lowest BCUT2D eigenvalue weighted by Gasteiger charge is -2.48. The van der Waals surface area contributed by atoms with Crippen molar-refractivity contribution in [2.75, 3.05) is 13.1 Å². The number of aryl methyl sites for hydroxylation is 1. The second kappa shape index (κ2) is 6.10. The lowest BCUT2D eigenvalue weighted by atomic mass is 9.81. The van der Waals surface area contributed by atoms with E-state index in [-0.39, 0.29) is 5.60 Å². The molecule has 2 aliphatic heterocycles. The Bertz CT molecular complexity index is 749. The maximum absolute atomic E-state index is 6.57. The van der Waals surface area contributed by atoms with Crippen LogP contribution in [0.2, 0.25) is 0 Å². The van der Waals surface area contributed by atoms with Crippen LogP contribution in [0.1, 0.15) is 44.1 Å². The molecule has 0 amide bonds. The number of hydrogen-bond acceptors (Lipinski definition) is 4. The van der Waals surface area contributed by atoms with E-state index >= 15 is 0 Å². The van der Waals surface area contributed by atoms with Crippen LogP contribution in [0, 0.1) is 0 Å². The minimum absolute atomic E-state index is 0.0708. The summed E-state index contributed by atoms with van der Waals surface area (Å²) in [6.07, 6.45) is 14.1. The Morgan fingerprint density at radius 3 is 2.68 bits per heavy atom. The van der Waals surface area contributed by atoms with Crippen LogP contribution >= 0.6 is 0 Å². The first-order chi connectivity index (χ1) is 12.3. The van der Waals surface area contributed by atoms with Crippen molar-refractivity contribution in [2.45, 2.75) is 56.6 Å². The van der Waals surface area contributed by atoms with Crippen molar-refractivity contribution < 1.29 is 4.74 Å². The molecule has 1 saturated heterocycles. The number of likely N-dealkylation sites (tertiary alicyclic amines) is 1. The molecule has 2 aromatic rings. The van der Waals surface area contributed by atoms with E-state index in [0.717, 1.165) is 35.9 Å². The van der Waals surface area contributed by atoms with Gasteiger partial charge in [-0.15, -0.1) is 0 Å². The van der Waals surface area contributed by atoms with E-state index in [1.807, 2.05) is 6.20 Å². The van der Waals surface area contributed by atoms with Crippen LogP contribution in [0.25, 0.3) is 11.3 Å². The summed E-state index contributed by atoms with van der Waals surface area (Å²) < 4.78 is 6.57. The highest BCUT2D eigenvalue weighted by molar-refractivity contribution is 5.61. The van der Waals surface area contributed by atoms with Gasteiger partial charge in [0.15, 0.2) is 0 Å². The predicted molar refractivity (Wildman–Crippen MR) is 97.6 cm³/mol. The smallest absolute Gasteiger partial charge is 0.123 e. The molecule has 4 nitrogen and oxygen atoms in total. The summed E-state index contributed by atoms with van der Waals surface area (Å²) >= 11 is 0. The number of nitrogens with zero attached hydrogens (tertiary/aromatic N) is 3. The highest BCUT2D eigenvalue weighted by Crippen LogP contribution is 2.41. The average Bonchev–Trinajstić information content (AvgIpc) is 2.63. The van der Waals surface area contributed by atoms with E-state index in [1.165, 1.54) is 50.8 Å². The van der Waals surface area contributed by atoms with Crippen LogP contribution in [-0.4, -0.2) is 39.6 Å². The van der Waals surface area contributed by atoms with Crippen molar-refractivity contribution in [1.82, 2.24) is 14.9 Å². The molecule has 0 unspecified atom stereocenters. The number of rotatable bonds is 2. The second-order valence-corrected chi connectivity index (χ2v) is 7.82. The molecule has 1 spiro atoms. The topological polar surface area (TPSA) is 38.2 Å². The largest absolute Gasteiger partial charge is 0.487 e. The van der Waals surface area contributed by atoms with Crippen LogP contribution in [0.5, 0.6) is 5.75 Å². The molecule has 0 radical (unpaired) electrons. The molecule has 3 aliphatic rings. The molecule has 25 heavy (non-hydrogen) atoms. The molecule has 0 atom stereocenters. The normalized spacial score (nSPS) is 22.9. The monoisotopic (exact) mass is 335 g/mol. The standard InChI is InChI=1S/C21H25N3O/c1-2-18(3-1)24-12-8-21(9-13-24)7-6-17-14-16(4-5-20(17)25-21)19-15-22-10-11-23-19/h4-5,10-11,14-15,18H,1-3,6-9,12-13H2. The van der Waals surface area contributed by atoms with Gasteiger partial charge in [-0.1, -0.05) is 6.42 Å². The Labute approximate surface area is 149 Å². The van der Waals surface area contributed by atoms with Gasteiger partial charge in [0.1, 0.15) is 11.4 Å². The summed E-state index contributed by atoms with van der Waals surface area (Å²) in [6, 6.07) is 7.35. The van der Waals surface area contributed by atoms with Crippen LogP contribution in [0.4, 0.5) is 0 Å². The van der Waals surface area contributed by atoms with Crippen molar-refractivity contribution in [3.63, 3.8) is 0 Å². The highest BCUT2D eigenvalue weighted by Gasteiger charge is 2.41. The van der Waals surface area contributed by atoms with Crippen LogP contribution in [-0.2, 0) is 6.42 Å². The van der Waals surface area contributed by atoms with Gasteiger partial charge in [0.05, 0.1) is 11.9 Å². The summed E-state index contributed by atoms with van der Waals surface area (Å²) in [5, 5.41) is 0. The second-order valence-electron chi connectivity index (χ2n) is 7.82. The summed E-state index contributed by atoms with van der Waals surface area (Å²) in [6.45, 7) is 2.41. The molecule has 0 N–H and O–H groups in total. The van der Waals surface area contributed by atoms with Crippen molar-refractivity contribution in [3.8, 4) is 17.0 Å².